The highest BCUT2D eigenvalue weighted by Gasteiger charge is 2.06. The Morgan fingerprint density at radius 3 is 2.60 bits per heavy atom. The lowest BCUT2D eigenvalue weighted by Gasteiger charge is -2.09. The van der Waals surface area contributed by atoms with Gasteiger partial charge in [-0.1, -0.05) is 13.5 Å². The topological polar surface area (TPSA) is 26.3 Å². The number of hydrogen-bond donors (Lipinski definition) is 0. The van der Waals surface area contributed by atoms with Gasteiger partial charge in [-0.3, -0.25) is 0 Å². The number of carbonyl (C=O) groups is 1. The SMILES string of the molecule is C=C(C)C(=O)OC([Si])CC. The van der Waals surface area contributed by atoms with E-state index in [4.69, 9.17) is 4.74 Å². The molecule has 0 rings (SSSR count). The van der Waals surface area contributed by atoms with Crippen LogP contribution >= 0.6 is 0 Å². The lowest BCUT2D eigenvalue weighted by Crippen LogP contribution is -2.17. The fourth-order valence-electron chi connectivity index (χ4n) is 0.313. The molecule has 0 amide bonds. The van der Waals surface area contributed by atoms with Gasteiger partial charge in [0.25, 0.3) is 0 Å². The summed E-state index contributed by atoms with van der Waals surface area (Å²) in [6.45, 7) is 6.99. The van der Waals surface area contributed by atoms with Gasteiger partial charge in [-0.05, 0) is 13.3 Å². The molecule has 0 aliphatic carbocycles. The molecule has 1 unspecified atom stereocenters. The Morgan fingerprint density at radius 1 is 1.80 bits per heavy atom. The first-order valence-electron chi connectivity index (χ1n) is 3.15. The Kier molecular flexibility index (Phi) is 4.03. The second-order valence-electron chi connectivity index (χ2n) is 2.08. The molecule has 0 aliphatic heterocycles. The highest BCUT2D eigenvalue weighted by molar-refractivity contribution is 6.12. The minimum Gasteiger partial charge on any atom is -0.464 e. The van der Waals surface area contributed by atoms with Crippen LogP contribution < -0.4 is 0 Å². The van der Waals surface area contributed by atoms with Gasteiger partial charge in [0.15, 0.2) is 0 Å². The Labute approximate surface area is 64.7 Å². The Hall–Kier alpha value is -0.573. The standard InChI is InChI=1S/C7H11O2Si/c1-4-6(10)9-7(8)5(2)3/h6H,2,4H2,1,3H3. The van der Waals surface area contributed by atoms with Gasteiger partial charge >= 0.3 is 5.97 Å². The third kappa shape index (κ3) is 3.45. The maximum Gasteiger partial charge on any atom is 0.333 e. The second-order valence-corrected chi connectivity index (χ2v) is 2.73. The molecule has 0 saturated carbocycles. The van der Waals surface area contributed by atoms with Crippen LogP contribution in [0.25, 0.3) is 0 Å². The van der Waals surface area contributed by atoms with E-state index in [-0.39, 0.29) is 11.7 Å². The molecule has 0 heterocycles. The molecule has 0 bridgehead atoms. The smallest absolute Gasteiger partial charge is 0.333 e. The Morgan fingerprint density at radius 2 is 2.30 bits per heavy atom. The minimum atomic E-state index is -0.346. The van der Waals surface area contributed by atoms with Crippen molar-refractivity contribution in [3.63, 3.8) is 0 Å². The number of rotatable bonds is 3. The molecule has 0 aliphatic rings. The molecule has 3 heteroatoms. The molecular weight excluding hydrogens is 144 g/mol. The largest absolute Gasteiger partial charge is 0.464 e. The summed E-state index contributed by atoms with van der Waals surface area (Å²) in [7, 11) is 3.21. The predicted molar refractivity (Wildman–Crippen MR) is 40.7 cm³/mol. The van der Waals surface area contributed by atoms with Crippen molar-refractivity contribution in [1.29, 1.82) is 0 Å². The summed E-state index contributed by atoms with van der Waals surface area (Å²) in [5.41, 5.74) is 0.237. The van der Waals surface area contributed by atoms with Crippen LogP contribution in [-0.2, 0) is 9.53 Å². The molecule has 10 heavy (non-hydrogen) atoms. The minimum absolute atomic E-state index is 0.191. The van der Waals surface area contributed by atoms with E-state index >= 15 is 0 Å². The molecule has 0 fully saturated rings. The van der Waals surface area contributed by atoms with Gasteiger partial charge in [0, 0.05) is 5.57 Å². The van der Waals surface area contributed by atoms with Crippen molar-refractivity contribution in [3.05, 3.63) is 12.2 Å². The summed E-state index contributed by atoms with van der Waals surface area (Å²) in [6, 6.07) is 0. The second kappa shape index (κ2) is 4.28. The zero-order valence-corrected chi connectivity index (χ0v) is 7.31. The summed E-state index contributed by atoms with van der Waals surface area (Å²) in [5.74, 6) is -0.346. The van der Waals surface area contributed by atoms with Crippen LogP contribution in [0.4, 0.5) is 0 Å². The van der Waals surface area contributed by atoms with E-state index < -0.39 is 0 Å². The zero-order chi connectivity index (χ0) is 8.15. The molecule has 55 valence electrons. The molecule has 1 atom stereocenters. The average Bonchev–Trinajstić information content (AvgIpc) is 1.87. The summed E-state index contributed by atoms with van der Waals surface area (Å²) in [4.78, 5) is 10.8. The summed E-state index contributed by atoms with van der Waals surface area (Å²) in [5, 5.41) is 0. The predicted octanol–water partition coefficient (Wildman–Crippen LogP) is 1.01. The van der Waals surface area contributed by atoms with E-state index in [1.54, 1.807) is 6.92 Å². The maximum absolute atomic E-state index is 10.8. The van der Waals surface area contributed by atoms with Gasteiger partial charge in [0.1, 0.15) is 0 Å². The third-order valence-electron chi connectivity index (χ3n) is 0.969. The number of ether oxygens (including phenoxy) is 1. The van der Waals surface area contributed by atoms with Crippen LogP contribution in [0.1, 0.15) is 20.3 Å². The normalized spacial score (nSPS) is 12.3. The molecule has 0 aromatic carbocycles. The van der Waals surface area contributed by atoms with Gasteiger partial charge in [-0.25, -0.2) is 4.79 Å². The Bertz CT molecular complexity index is 143. The molecular formula is C7H11O2Si. The quantitative estimate of drug-likeness (QED) is 0.345. The van der Waals surface area contributed by atoms with E-state index in [9.17, 15) is 4.79 Å². The Balaban J connectivity index is 3.68. The van der Waals surface area contributed by atoms with E-state index in [1.807, 2.05) is 6.92 Å². The molecule has 2 nitrogen and oxygen atoms in total. The van der Waals surface area contributed by atoms with Crippen molar-refractivity contribution in [3.8, 4) is 0 Å². The van der Waals surface area contributed by atoms with E-state index in [1.165, 1.54) is 0 Å². The molecule has 0 N–H and O–H groups in total. The highest BCUT2D eigenvalue weighted by atomic mass is 28.1. The third-order valence-corrected chi connectivity index (χ3v) is 1.49. The fourth-order valence-corrected chi connectivity index (χ4v) is 0.420. The monoisotopic (exact) mass is 155 g/mol. The average molecular weight is 155 g/mol. The summed E-state index contributed by atoms with van der Waals surface area (Å²) < 4.78 is 4.84. The van der Waals surface area contributed by atoms with E-state index in [0.29, 0.717) is 5.57 Å². The van der Waals surface area contributed by atoms with Crippen molar-refractivity contribution < 1.29 is 9.53 Å². The lowest BCUT2D eigenvalue weighted by atomic mass is 10.4. The van der Waals surface area contributed by atoms with Crippen LogP contribution in [0.2, 0.25) is 0 Å². The van der Waals surface area contributed by atoms with E-state index in [0.717, 1.165) is 6.42 Å². The fraction of sp³-hybridized carbons (Fsp3) is 0.571. The first-order valence-corrected chi connectivity index (χ1v) is 3.73. The van der Waals surface area contributed by atoms with Gasteiger partial charge in [0.2, 0.25) is 0 Å². The van der Waals surface area contributed by atoms with Gasteiger partial charge < -0.3 is 4.74 Å². The molecule has 0 spiro atoms. The van der Waals surface area contributed by atoms with Crippen molar-refractivity contribution >= 4 is 16.2 Å². The van der Waals surface area contributed by atoms with Crippen molar-refractivity contribution in [2.45, 2.75) is 26.0 Å². The van der Waals surface area contributed by atoms with Crippen molar-refractivity contribution in [1.82, 2.24) is 0 Å². The highest BCUT2D eigenvalue weighted by Crippen LogP contribution is 1.97. The molecule has 3 radical (unpaired) electrons. The lowest BCUT2D eigenvalue weighted by molar-refractivity contribution is -0.140. The molecule has 0 saturated heterocycles. The van der Waals surface area contributed by atoms with E-state index in [2.05, 4.69) is 16.8 Å². The van der Waals surface area contributed by atoms with Gasteiger partial charge in [-0.2, -0.15) is 0 Å². The van der Waals surface area contributed by atoms with Crippen LogP contribution in [-0.4, -0.2) is 21.9 Å². The number of esters is 1. The van der Waals surface area contributed by atoms with Crippen LogP contribution in [0.15, 0.2) is 12.2 Å². The van der Waals surface area contributed by atoms with Crippen molar-refractivity contribution in [2.75, 3.05) is 0 Å². The van der Waals surface area contributed by atoms with Gasteiger partial charge in [0.05, 0.1) is 16.0 Å². The first kappa shape index (κ1) is 9.43. The summed E-state index contributed by atoms with van der Waals surface area (Å²) >= 11 is 0. The first-order chi connectivity index (χ1) is 4.57. The number of hydrogen-bond acceptors (Lipinski definition) is 2. The zero-order valence-electron chi connectivity index (χ0n) is 6.31. The molecule has 0 aromatic rings. The summed E-state index contributed by atoms with van der Waals surface area (Å²) in [6.07, 6.45) is 0.760. The number of carbonyl (C=O) groups excluding carboxylic acids is 1. The maximum atomic E-state index is 10.8. The van der Waals surface area contributed by atoms with Crippen LogP contribution in [0, 0.1) is 0 Å². The van der Waals surface area contributed by atoms with Crippen LogP contribution in [0.3, 0.4) is 0 Å². The van der Waals surface area contributed by atoms with Crippen molar-refractivity contribution in [2.24, 2.45) is 0 Å². The van der Waals surface area contributed by atoms with Gasteiger partial charge in [-0.15, -0.1) is 0 Å². The van der Waals surface area contributed by atoms with Crippen LogP contribution in [0.5, 0.6) is 0 Å². The molecule has 0 aromatic heterocycles.